The molecule has 136 valence electrons. The molecular weight excluding hydrogens is 316 g/mol. The lowest BCUT2D eigenvalue weighted by molar-refractivity contribution is 0.109. The number of rotatable bonds is 4. The summed E-state index contributed by atoms with van der Waals surface area (Å²) in [6.07, 6.45) is 6.18. The van der Waals surface area contributed by atoms with E-state index in [0.717, 1.165) is 70.1 Å². The zero-order chi connectivity index (χ0) is 17.2. The van der Waals surface area contributed by atoms with Crippen molar-refractivity contribution in [2.24, 2.45) is 0 Å². The highest BCUT2D eigenvalue weighted by molar-refractivity contribution is 5.92. The summed E-state index contributed by atoms with van der Waals surface area (Å²) in [5.41, 5.74) is 2.58. The zero-order valence-corrected chi connectivity index (χ0v) is 14.9. The summed E-state index contributed by atoms with van der Waals surface area (Å²) in [4.78, 5) is 12.8. The Hall–Kier alpha value is -1.63. The van der Waals surface area contributed by atoms with Crippen LogP contribution in [0.5, 0.6) is 0 Å². The standard InChI is InChI=1S/C19H28N4O2/c1-14(24)13-22-6-3-15(4-7-22)17-12-21-18-16(17)2-5-20-19(18)23-8-10-25-11-9-23/h2,5,12,14-15,21,24H,3-4,6-11,13H2,1H3. The summed E-state index contributed by atoms with van der Waals surface area (Å²) in [5, 5.41) is 10.9. The molecule has 0 bridgehead atoms. The van der Waals surface area contributed by atoms with Crippen LogP contribution in [0.3, 0.4) is 0 Å². The fourth-order valence-corrected chi connectivity index (χ4v) is 4.21. The minimum atomic E-state index is -0.244. The molecule has 6 heteroatoms. The van der Waals surface area contributed by atoms with E-state index in [0.29, 0.717) is 5.92 Å². The van der Waals surface area contributed by atoms with Gasteiger partial charge in [0.15, 0.2) is 5.82 Å². The second-order valence-electron chi connectivity index (χ2n) is 7.32. The predicted octanol–water partition coefficient (Wildman–Crippen LogP) is 1.96. The van der Waals surface area contributed by atoms with E-state index in [1.807, 2.05) is 13.1 Å². The molecule has 0 aromatic carbocycles. The van der Waals surface area contributed by atoms with Crippen molar-refractivity contribution in [1.82, 2.24) is 14.9 Å². The number of aromatic nitrogens is 2. The van der Waals surface area contributed by atoms with Gasteiger partial charge < -0.3 is 24.6 Å². The third-order valence-electron chi connectivity index (χ3n) is 5.47. The molecule has 6 nitrogen and oxygen atoms in total. The number of pyridine rings is 1. The number of fused-ring (bicyclic) bond motifs is 1. The number of hydrogen-bond donors (Lipinski definition) is 2. The summed E-state index contributed by atoms with van der Waals surface area (Å²) >= 11 is 0. The minimum Gasteiger partial charge on any atom is -0.392 e. The molecule has 0 saturated carbocycles. The highest BCUT2D eigenvalue weighted by atomic mass is 16.5. The molecule has 2 aliphatic heterocycles. The number of aliphatic hydroxyl groups is 1. The third-order valence-corrected chi connectivity index (χ3v) is 5.47. The van der Waals surface area contributed by atoms with Crippen LogP contribution in [0.25, 0.3) is 10.9 Å². The predicted molar refractivity (Wildman–Crippen MR) is 99.2 cm³/mol. The average molecular weight is 344 g/mol. The molecule has 1 atom stereocenters. The van der Waals surface area contributed by atoms with Crippen molar-refractivity contribution >= 4 is 16.7 Å². The molecular formula is C19H28N4O2. The Morgan fingerprint density at radius 1 is 1.28 bits per heavy atom. The van der Waals surface area contributed by atoms with Gasteiger partial charge >= 0.3 is 0 Å². The van der Waals surface area contributed by atoms with Gasteiger partial charge in [0.25, 0.3) is 0 Å². The van der Waals surface area contributed by atoms with Gasteiger partial charge in [0.1, 0.15) is 0 Å². The largest absolute Gasteiger partial charge is 0.392 e. The number of aromatic amines is 1. The van der Waals surface area contributed by atoms with Crippen molar-refractivity contribution in [2.75, 3.05) is 50.8 Å². The molecule has 2 fully saturated rings. The number of likely N-dealkylation sites (tertiary alicyclic amines) is 1. The van der Waals surface area contributed by atoms with Gasteiger partial charge in [-0.2, -0.15) is 0 Å². The first-order chi connectivity index (χ1) is 12.2. The molecule has 0 aliphatic carbocycles. The van der Waals surface area contributed by atoms with Crippen LogP contribution in [0.2, 0.25) is 0 Å². The molecule has 25 heavy (non-hydrogen) atoms. The third kappa shape index (κ3) is 3.52. The normalized spacial score (nSPS) is 21.8. The van der Waals surface area contributed by atoms with Gasteiger partial charge in [0.2, 0.25) is 0 Å². The van der Waals surface area contributed by atoms with Gasteiger partial charge in [-0.1, -0.05) is 0 Å². The van der Waals surface area contributed by atoms with Gasteiger partial charge in [-0.25, -0.2) is 4.98 Å². The van der Waals surface area contributed by atoms with Crippen LogP contribution < -0.4 is 4.90 Å². The van der Waals surface area contributed by atoms with Crippen molar-refractivity contribution in [2.45, 2.75) is 31.8 Å². The van der Waals surface area contributed by atoms with E-state index < -0.39 is 0 Å². The fourth-order valence-electron chi connectivity index (χ4n) is 4.21. The fraction of sp³-hybridized carbons (Fsp3) is 0.632. The maximum absolute atomic E-state index is 9.58. The number of piperidine rings is 1. The monoisotopic (exact) mass is 344 g/mol. The SMILES string of the molecule is CC(O)CN1CCC(c2c[nH]c3c(N4CCOCC4)nccc23)CC1. The Labute approximate surface area is 148 Å². The van der Waals surface area contributed by atoms with Crippen molar-refractivity contribution in [3.8, 4) is 0 Å². The number of morpholine rings is 1. The molecule has 0 radical (unpaired) electrons. The topological polar surface area (TPSA) is 64.6 Å². The Morgan fingerprint density at radius 2 is 2.04 bits per heavy atom. The smallest absolute Gasteiger partial charge is 0.153 e. The first kappa shape index (κ1) is 16.8. The quantitative estimate of drug-likeness (QED) is 0.888. The van der Waals surface area contributed by atoms with E-state index >= 15 is 0 Å². The first-order valence-electron chi connectivity index (χ1n) is 9.41. The van der Waals surface area contributed by atoms with Crippen LogP contribution in [0, 0.1) is 0 Å². The van der Waals surface area contributed by atoms with E-state index in [2.05, 4.69) is 32.0 Å². The van der Waals surface area contributed by atoms with E-state index in [1.165, 1.54) is 10.9 Å². The highest BCUT2D eigenvalue weighted by Crippen LogP contribution is 2.35. The molecule has 4 heterocycles. The second kappa shape index (κ2) is 7.32. The van der Waals surface area contributed by atoms with Crippen LogP contribution in [-0.2, 0) is 4.74 Å². The van der Waals surface area contributed by atoms with E-state index in [9.17, 15) is 5.11 Å². The number of β-amino-alcohol motifs (C(OH)–C–C–N with tert-alkyl or cyclic N) is 1. The van der Waals surface area contributed by atoms with E-state index in [1.54, 1.807) is 0 Å². The second-order valence-corrected chi connectivity index (χ2v) is 7.32. The van der Waals surface area contributed by atoms with Crippen LogP contribution in [0.1, 0.15) is 31.2 Å². The highest BCUT2D eigenvalue weighted by Gasteiger charge is 2.25. The molecule has 0 amide bonds. The molecule has 2 aromatic heterocycles. The van der Waals surface area contributed by atoms with Gasteiger partial charge in [0.05, 0.1) is 24.8 Å². The molecule has 1 unspecified atom stereocenters. The lowest BCUT2D eigenvalue weighted by atomic mass is 9.89. The number of H-pyrrole nitrogens is 1. The Morgan fingerprint density at radius 3 is 2.76 bits per heavy atom. The first-order valence-corrected chi connectivity index (χ1v) is 9.41. The average Bonchev–Trinajstić information content (AvgIpc) is 3.07. The van der Waals surface area contributed by atoms with Gasteiger partial charge in [0, 0.05) is 37.4 Å². The maximum Gasteiger partial charge on any atom is 0.153 e. The summed E-state index contributed by atoms with van der Waals surface area (Å²) in [7, 11) is 0. The van der Waals surface area contributed by atoms with Crippen molar-refractivity contribution in [1.29, 1.82) is 0 Å². The number of aliphatic hydroxyl groups excluding tert-OH is 1. The number of nitrogens with zero attached hydrogens (tertiary/aromatic N) is 3. The molecule has 0 spiro atoms. The number of hydrogen-bond acceptors (Lipinski definition) is 5. The summed E-state index contributed by atoms with van der Waals surface area (Å²) < 4.78 is 5.47. The van der Waals surface area contributed by atoms with Crippen LogP contribution in [-0.4, -0.2) is 72.0 Å². The molecule has 2 aromatic rings. The summed E-state index contributed by atoms with van der Waals surface area (Å²) in [6, 6.07) is 2.15. The van der Waals surface area contributed by atoms with Gasteiger partial charge in [-0.15, -0.1) is 0 Å². The van der Waals surface area contributed by atoms with Crippen molar-refractivity contribution < 1.29 is 9.84 Å². The van der Waals surface area contributed by atoms with Gasteiger partial charge in [-0.3, -0.25) is 0 Å². The van der Waals surface area contributed by atoms with Crippen LogP contribution >= 0.6 is 0 Å². The number of anilines is 1. The maximum atomic E-state index is 9.58. The number of nitrogens with one attached hydrogen (secondary N) is 1. The Kier molecular flexibility index (Phi) is 4.92. The minimum absolute atomic E-state index is 0.244. The summed E-state index contributed by atoms with van der Waals surface area (Å²) in [6.45, 7) is 8.11. The van der Waals surface area contributed by atoms with Crippen LogP contribution in [0.15, 0.2) is 18.5 Å². The lowest BCUT2D eigenvalue weighted by Gasteiger charge is -2.32. The molecule has 4 rings (SSSR count). The van der Waals surface area contributed by atoms with Gasteiger partial charge in [-0.05, 0) is 50.4 Å². The summed E-state index contributed by atoms with van der Waals surface area (Å²) in [5.74, 6) is 1.64. The molecule has 2 aliphatic rings. The molecule has 2 N–H and O–H groups in total. The van der Waals surface area contributed by atoms with Crippen LogP contribution in [0.4, 0.5) is 5.82 Å². The van der Waals surface area contributed by atoms with E-state index in [4.69, 9.17) is 4.74 Å². The Balaban J connectivity index is 1.53. The zero-order valence-electron chi connectivity index (χ0n) is 14.9. The van der Waals surface area contributed by atoms with Crippen molar-refractivity contribution in [3.63, 3.8) is 0 Å². The van der Waals surface area contributed by atoms with E-state index in [-0.39, 0.29) is 6.10 Å². The lowest BCUT2D eigenvalue weighted by Crippen LogP contribution is -2.37. The Bertz CT molecular complexity index is 701. The number of ether oxygens (including phenoxy) is 1. The van der Waals surface area contributed by atoms with Crippen molar-refractivity contribution in [3.05, 3.63) is 24.0 Å². The molecule has 2 saturated heterocycles.